The molecule has 28 heavy (non-hydrogen) atoms. The Morgan fingerprint density at radius 3 is 2.39 bits per heavy atom. The van der Waals surface area contributed by atoms with Gasteiger partial charge in [0.2, 0.25) is 5.91 Å². The minimum absolute atomic E-state index is 0.00535. The number of carbonyl (C=O) groups is 2. The van der Waals surface area contributed by atoms with Crippen LogP contribution in [0.3, 0.4) is 0 Å². The van der Waals surface area contributed by atoms with Crippen LogP contribution < -0.4 is 19.7 Å². The topological polar surface area (TPSA) is 71.1 Å². The maximum atomic E-state index is 12.8. The van der Waals surface area contributed by atoms with Crippen molar-refractivity contribution < 1.29 is 19.1 Å². The first-order valence-corrected chi connectivity index (χ1v) is 9.08. The predicted molar refractivity (Wildman–Crippen MR) is 108 cm³/mol. The highest BCUT2D eigenvalue weighted by atomic mass is 16.5. The number of hydrogen-bond acceptors (Lipinski definition) is 4. The fourth-order valence-corrected chi connectivity index (χ4v) is 3.38. The summed E-state index contributed by atoms with van der Waals surface area (Å²) in [5, 5.41) is 2.87. The molecular weight excluding hydrogens is 358 g/mol. The van der Waals surface area contributed by atoms with Crippen LogP contribution in [0, 0.1) is 13.8 Å². The molecule has 0 atom stereocenters. The zero-order valence-corrected chi connectivity index (χ0v) is 16.6. The molecule has 2 aromatic carbocycles. The summed E-state index contributed by atoms with van der Waals surface area (Å²) in [4.78, 5) is 28.4. The largest absolute Gasteiger partial charge is 0.497 e. The first-order valence-electron chi connectivity index (χ1n) is 9.08. The van der Waals surface area contributed by atoms with Crippen molar-refractivity contribution in [2.75, 3.05) is 44.1 Å². The standard InChI is InChI=1S/C21H25N3O4/c1-14-9-15(2)11-16(10-14)22-20(25)13-23-7-8-24(21(23)26)18-12-17(27-3)5-6-19(18)28-4/h5-6,9-12H,7-8,13H2,1-4H3,(H,22,25). The van der Waals surface area contributed by atoms with Crippen molar-refractivity contribution in [1.82, 2.24) is 4.90 Å². The van der Waals surface area contributed by atoms with E-state index >= 15 is 0 Å². The second-order valence-corrected chi connectivity index (χ2v) is 6.82. The molecule has 1 aliphatic rings. The normalized spacial score (nSPS) is 13.6. The molecule has 0 aromatic heterocycles. The van der Waals surface area contributed by atoms with Crippen LogP contribution in [0.15, 0.2) is 36.4 Å². The number of rotatable bonds is 6. The van der Waals surface area contributed by atoms with Gasteiger partial charge in [-0.05, 0) is 49.2 Å². The van der Waals surface area contributed by atoms with Gasteiger partial charge in [0.1, 0.15) is 18.0 Å². The number of aryl methyl sites for hydroxylation is 2. The predicted octanol–water partition coefficient (Wildman–Crippen LogP) is 3.20. The number of methoxy groups -OCH3 is 2. The van der Waals surface area contributed by atoms with E-state index in [4.69, 9.17) is 9.47 Å². The zero-order chi connectivity index (χ0) is 20.3. The van der Waals surface area contributed by atoms with Crippen LogP contribution in [0.1, 0.15) is 11.1 Å². The molecule has 2 aromatic rings. The average molecular weight is 383 g/mol. The van der Waals surface area contributed by atoms with E-state index in [-0.39, 0.29) is 18.5 Å². The number of hydrogen-bond donors (Lipinski definition) is 1. The highest BCUT2D eigenvalue weighted by molar-refractivity contribution is 6.00. The summed E-state index contributed by atoms with van der Waals surface area (Å²) in [7, 11) is 3.13. The molecule has 3 rings (SSSR count). The Hall–Kier alpha value is -3.22. The summed E-state index contributed by atoms with van der Waals surface area (Å²) in [6, 6.07) is 10.9. The number of ether oxygens (including phenoxy) is 2. The second kappa shape index (κ2) is 8.21. The van der Waals surface area contributed by atoms with E-state index in [2.05, 4.69) is 5.32 Å². The van der Waals surface area contributed by atoms with Crippen LogP contribution >= 0.6 is 0 Å². The summed E-state index contributed by atoms with van der Waals surface area (Å²) < 4.78 is 10.6. The van der Waals surface area contributed by atoms with Crippen LogP contribution in [0.2, 0.25) is 0 Å². The summed E-state index contributed by atoms with van der Waals surface area (Å²) in [6.45, 7) is 4.88. The third-order valence-electron chi connectivity index (χ3n) is 4.61. The van der Waals surface area contributed by atoms with Crippen molar-refractivity contribution >= 4 is 23.3 Å². The molecule has 7 nitrogen and oxygen atoms in total. The van der Waals surface area contributed by atoms with Crippen LogP contribution in [0.4, 0.5) is 16.2 Å². The van der Waals surface area contributed by atoms with Crippen LogP contribution in [-0.2, 0) is 4.79 Å². The SMILES string of the molecule is COc1ccc(OC)c(N2CCN(CC(=O)Nc3cc(C)cc(C)c3)C2=O)c1. The molecule has 0 spiro atoms. The van der Waals surface area contributed by atoms with Gasteiger partial charge < -0.3 is 19.7 Å². The Balaban J connectivity index is 1.69. The molecule has 3 amide bonds. The highest BCUT2D eigenvalue weighted by Crippen LogP contribution is 2.34. The van der Waals surface area contributed by atoms with E-state index in [1.165, 1.54) is 4.90 Å². The number of carbonyl (C=O) groups excluding carboxylic acids is 2. The maximum Gasteiger partial charge on any atom is 0.325 e. The van der Waals surface area contributed by atoms with Gasteiger partial charge in [0, 0.05) is 24.8 Å². The Morgan fingerprint density at radius 2 is 1.75 bits per heavy atom. The molecule has 1 heterocycles. The van der Waals surface area contributed by atoms with E-state index in [0.29, 0.717) is 30.3 Å². The second-order valence-electron chi connectivity index (χ2n) is 6.82. The van der Waals surface area contributed by atoms with Gasteiger partial charge >= 0.3 is 6.03 Å². The minimum atomic E-state index is -0.234. The summed E-state index contributed by atoms with van der Waals surface area (Å²) in [5.74, 6) is 0.989. The van der Waals surface area contributed by atoms with Gasteiger partial charge in [-0.15, -0.1) is 0 Å². The van der Waals surface area contributed by atoms with Gasteiger partial charge in [-0.2, -0.15) is 0 Å². The molecule has 0 radical (unpaired) electrons. The molecule has 0 unspecified atom stereocenters. The number of nitrogens with zero attached hydrogens (tertiary/aromatic N) is 2. The lowest BCUT2D eigenvalue weighted by atomic mass is 10.1. The van der Waals surface area contributed by atoms with Gasteiger partial charge in [-0.1, -0.05) is 6.07 Å². The fourth-order valence-electron chi connectivity index (χ4n) is 3.38. The number of nitrogens with one attached hydrogen (secondary N) is 1. The third kappa shape index (κ3) is 4.19. The van der Waals surface area contributed by atoms with Crippen molar-refractivity contribution in [3.8, 4) is 11.5 Å². The van der Waals surface area contributed by atoms with Crippen molar-refractivity contribution in [1.29, 1.82) is 0 Å². The quantitative estimate of drug-likeness (QED) is 0.832. The van der Waals surface area contributed by atoms with Crippen molar-refractivity contribution in [2.45, 2.75) is 13.8 Å². The highest BCUT2D eigenvalue weighted by Gasteiger charge is 2.32. The first kappa shape index (κ1) is 19.5. The Bertz CT molecular complexity index is 877. The molecule has 1 aliphatic heterocycles. The Morgan fingerprint density at radius 1 is 1.04 bits per heavy atom. The number of anilines is 2. The average Bonchev–Trinajstić information content (AvgIpc) is 3.00. The smallest absolute Gasteiger partial charge is 0.325 e. The van der Waals surface area contributed by atoms with Crippen molar-refractivity contribution in [2.24, 2.45) is 0 Å². The van der Waals surface area contributed by atoms with Crippen LogP contribution in [-0.4, -0.2) is 50.7 Å². The van der Waals surface area contributed by atoms with Gasteiger partial charge in [-0.25, -0.2) is 4.79 Å². The molecule has 0 bridgehead atoms. The molecule has 148 valence electrons. The van der Waals surface area contributed by atoms with E-state index in [9.17, 15) is 9.59 Å². The van der Waals surface area contributed by atoms with Gasteiger partial charge in [0.25, 0.3) is 0 Å². The lowest BCUT2D eigenvalue weighted by Crippen LogP contribution is -2.37. The summed E-state index contributed by atoms with van der Waals surface area (Å²) in [6.07, 6.45) is 0. The number of amides is 3. The lowest BCUT2D eigenvalue weighted by molar-refractivity contribution is -0.116. The van der Waals surface area contributed by atoms with Gasteiger partial charge in [0.05, 0.1) is 19.9 Å². The molecule has 0 saturated carbocycles. The van der Waals surface area contributed by atoms with Gasteiger partial charge in [0.15, 0.2) is 0 Å². The van der Waals surface area contributed by atoms with Crippen molar-refractivity contribution in [3.05, 3.63) is 47.5 Å². The molecule has 7 heteroatoms. The lowest BCUT2D eigenvalue weighted by Gasteiger charge is -2.21. The zero-order valence-electron chi connectivity index (χ0n) is 16.6. The Labute approximate surface area is 164 Å². The summed E-state index contributed by atoms with van der Waals surface area (Å²) >= 11 is 0. The van der Waals surface area contributed by atoms with E-state index in [0.717, 1.165) is 16.8 Å². The monoisotopic (exact) mass is 383 g/mol. The minimum Gasteiger partial charge on any atom is -0.497 e. The fraction of sp³-hybridized carbons (Fsp3) is 0.333. The Kier molecular flexibility index (Phi) is 5.73. The van der Waals surface area contributed by atoms with Crippen molar-refractivity contribution in [3.63, 3.8) is 0 Å². The molecule has 1 saturated heterocycles. The molecule has 1 N–H and O–H groups in total. The maximum absolute atomic E-state index is 12.8. The summed E-state index contributed by atoms with van der Waals surface area (Å²) in [5.41, 5.74) is 3.51. The van der Waals surface area contributed by atoms with E-state index in [1.807, 2.05) is 32.0 Å². The van der Waals surface area contributed by atoms with Crippen LogP contribution in [0.5, 0.6) is 11.5 Å². The molecule has 0 aliphatic carbocycles. The number of benzene rings is 2. The number of urea groups is 1. The van der Waals surface area contributed by atoms with E-state index in [1.54, 1.807) is 37.3 Å². The van der Waals surface area contributed by atoms with E-state index < -0.39 is 0 Å². The molecular formula is C21H25N3O4. The third-order valence-corrected chi connectivity index (χ3v) is 4.61. The first-order chi connectivity index (χ1) is 13.4. The molecule has 1 fully saturated rings. The van der Waals surface area contributed by atoms with Gasteiger partial charge in [-0.3, -0.25) is 9.69 Å². The van der Waals surface area contributed by atoms with Crippen LogP contribution in [0.25, 0.3) is 0 Å².